The molecule has 0 saturated heterocycles. The Hall–Kier alpha value is 0.110. The van der Waals surface area contributed by atoms with E-state index < -0.39 is 0 Å². The van der Waals surface area contributed by atoms with Gasteiger partial charge in [-0.1, -0.05) is 0 Å². The summed E-state index contributed by atoms with van der Waals surface area (Å²) >= 11 is 6.71. The van der Waals surface area contributed by atoms with Crippen molar-refractivity contribution in [2.75, 3.05) is 12.1 Å². The molecular weight excluding hydrogens is 146 g/mol. The molecular formula is C4H8ClNOS. The number of rotatable bonds is 3. The fraction of sp³-hybridized carbons (Fsp3) is 0.750. The van der Waals surface area contributed by atoms with Crippen LogP contribution in [0.3, 0.4) is 0 Å². The van der Waals surface area contributed by atoms with Crippen LogP contribution in [-0.2, 0) is 4.79 Å². The highest BCUT2D eigenvalue weighted by atomic mass is 35.5. The molecule has 0 aliphatic heterocycles. The molecule has 48 valence electrons. The molecule has 0 aliphatic carbocycles. The van der Waals surface area contributed by atoms with Gasteiger partial charge in [0.05, 0.1) is 5.25 Å². The Morgan fingerprint density at radius 3 is 2.50 bits per heavy atom. The Kier molecular flexibility index (Phi) is 4.09. The van der Waals surface area contributed by atoms with Gasteiger partial charge in [0.25, 0.3) is 0 Å². The summed E-state index contributed by atoms with van der Waals surface area (Å²) in [6, 6.07) is 0. The molecule has 0 aromatic heterocycles. The van der Waals surface area contributed by atoms with Gasteiger partial charge in [0, 0.05) is 5.88 Å². The van der Waals surface area contributed by atoms with Gasteiger partial charge in [0.15, 0.2) is 0 Å². The van der Waals surface area contributed by atoms with Gasteiger partial charge in [-0.25, -0.2) is 0 Å². The fourth-order valence-corrected chi connectivity index (χ4v) is 1.14. The lowest BCUT2D eigenvalue weighted by Crippen LogP contribution is -2.26. The van der Waals surface area contributed by atoms with Crippen molar-refractivity contribution >= 4 is 29.3 Å². The highest BCUT2D eigenvalue weighted by Crippen LogP contribution is 2.06. The van der Waals surface area contributed by atoms with Crippen molar-refractivity contribution in [3.63, 3.8) is 0 Å². The number of thioether (sulfide) groups is 1. The third kappa shape index (κ3) is 2.43. The summed E-state index contributed by atoms with van der Waals surface area (Å²) < 4.78 is 0. The highest BCUT2D eigenvalue weighted by molar-refractivity contribution is 8.00. The normalized spacial score (nSPS) is 13.2. The SMILES string of the molecule is CSC(CCl)C(N)=O. The molecule has 0 bridgehead atoms. The van der Waals surface area contributed by atoms with Gasteiger partial charge in [-0.3, -0.25) is 4.79 Å². The first-order chi connectivity index (χ1) is 3.72. The first-order valence-electron chi connectivity index (χ1n) is 2.10. The highest BCUT2D eigenvalue weighted by Gasteiger charge is 2.10. The molecule has 4 heteroatoms. The number of alkyl halides is 1. The number of carbonyl (C=O) groups is 1. The zero-order valence-electron chi connectivity index (χ0n) is 4.56. The molecule has 0 aromatic carbocycles. The lowest BCUT2D eigenvalue weighted by Gasteiger charge is -2.02. The molecule has 1 unspecified atom stereocenters. The Balaban J connectivity index is 3.52. The number of halogens is 1. The average Bonchev–Trinajstić information content (AvgIpc) is 1.69. The van der Waals surface area contributed by atoms with Gasteiger partial charge >= 0.3 is 0 Å². The van der Waals surface area contributed by atoms with Crippen LogP contribution in [0.4, 0.5) is 0 Å². The van der Waals surface area contributed by atoms with Crippen LogP contribution < -0.4 is 5.73 Å². The minimum atomic E-state index is -0.340. The molecule has 0 heterocycles. The largest absolute Gasteiger partial charge is 0.369 e. The quantitative estimate of drug-likeness (QED) is 0.598. The van der Waals surface area contributed by atoms with Crippen molar-refractivity contribution in [3.8, 4) is 0 Å². The van der Waals surface area contributed by atoms with Crippen molar-refractivity contribution < 1.29 is 4.79 Å². The third-order valence-corrected chi connectivity index (χ3v) is 2.20. The maximum Gasteiger partial charge on any atom is 0.231 e. The first kappa shape index (κ1) is 8.11. The maximum atomic E-state index is 10.3. The maximum absolute atomic E-state index is 10.3. The van der Waals surface area contributed by atoms with E-state index in [4.69, 9.17) is 17.3 Å². The van der Waals surface area contributed by atoms with Gasteiger partial charge in [0.2, 0.25) is 5.91 Å². The number of primary amides is 1. The predicted octanol–water partition coefficient (Wildman–Crippen LogP) is 0.442. The topological polar surface area (TPSA) is 43.1 Å². The number of hydrogen-bond acceptors (Lipinski definition) is 2. The van der Waals surface area contributed by atoms with Gasteiger partial charge in [-0.15, -0.1) is 11.6 Å². The minimum Gasteiger partial charge on any atom is -0.369 e. The second kappa shape index (κ2) is 4.04. The van der Waals surface area contributed by atoms with Crippen LogP contribution in [0.25, 0.3) is 0 Å². The Labute approximate surface area is 57.8 Å². The molecule has 0 rings (SSSR count). The fourth-order valence-electron chi connectivity index (χ4n) is 0.255. The predicted molar refractivity (Wildman–Crippen MR) is 37.2 cm³/mol. The molecule has 0 aromatic rings. The molecule has 1 amide bonds. The first-order valence-corrected chi connectivity index (χ1v) is 3.92. The zero-order valence-corrected chi connectivity index (χ0v) is 6.13. The van der Waals surface area contributed by atoms with E-state index in [2.05, 4.69) is 0 Å². The van der Waals surface area contributed by atoms with Crippen molar-refractivity contribution in [1.82, 2.24) is 0 Å². The summed E-state index contributed by atoms with van der Waals surface area (Å²) in [5.74, 6) is -0.0382. The number of nitrogens with two attached hydrogens (primary N) is 1. The lowest BCUT2D eigenvalue weighted by molar-refractivity contribution is -0.117. The molecule has 2 nitrogen and oxygen atoms in total. The second-order valence-corrected chi connectivity index (χ2v) is 2.63. The minimum absolute atomic E-state index is 0.225. The van der Waals surface area contributed by atoms with E-state index in [1.54, 1.807) is 6.26 Å². The summed E-state index contributed by atoms with van der Waals surface area (Å²) in [4.78, 5) is 10.3. The van der Waals surface area contributed by atoms with Crippen LogP contribution in [-0.4, -0.2) is 23.3 Å². The average molecular weight is 154 g/mol. The molecule has 0 saturated carbocycles. The smallest absolute Gasteiger partial charge is 0.231 e. The van der Waals surface area contributed by atoms with Crippen molar-refractivity contribution in [3.05, 3.63) is 0 Å². The summed E-state index contributed by atoms with van der Waals surface area (Å²) in [6.07, 6.45) is 1.80. The van der Waals surface area contributed by atoms with E-state index in [1.165, 1.54) is 11.8 Å². The van der Waals surface area contributed by atoms with Crippen molar-refractivity contribution in [2.45, 2.75) is 5.25 Å². The molecule has 0 radical (unpaired) electrons. The van der Waals surface area contributed by atoms with Gasteiger partial charge in [-0.2, -0.15) is 11.8 Å². The molecule has 1 atom stereocenters. The van der Waals surface area contributed by atoms with Crippen LogP contribution in [0.15, 0.2) is 0 Å². The van der Waals surface area contributed by atoms with E-state index in [0.717, 1.165) is 0 Å². The molecule has 0 fully saturated rings. The van der Waals surface area contributed by atoms with Crippen LogP contribution in [0, 0.1) is 0 Å². The van der Waals surface area contributed by atoms with Gasteiger partial charge in [0.1, 0.15) is 0 Å². The van der Waals surface area contributed by atoms with Crippen LogP contribution in [0.5, 0.6) is 0 Å². The Morgan fingerprint density at radius 2 is 2.50 bits per heavy atom. The van der Waals surface area contributed by atoms with E-state index in [1.807, 2.05) is 0 Å². The van der Waals surface area contributed by atoms with E-state index in [0.29, 0.717) is 5.88 Å². The van der Waals surface area contributed by atoms with Gasteiger partial charge < -0.3 is 5.73 Å². The molecule has 0 aliphatic rings. The number of hydrogen-bond donors (Lipinski definition) is 1. The third-order valence-electron chi connectivity index (χ3n) is 0.742. The van der Waals surface area contributed by atoms with Crippen molar-refractivity contribution in [1.29, 1.82) is 0 Å². The van der Waals surface area contributed by atoms with E-state index in [9.17, 15) is 4.79 Å². The summed E-state index contributed by atoms with van der Waals surface area (Å²) in [5.41, 5.74) is 4.91. The summed E-state index contributed by atoms with van der Waals surface area (Å²) in [6.45, 7) is 0. The standard InChI is InChI=1S/C4H8ClNOS/c1-8-3(2-5)4(6)7/h3H,2H2,1H3,(H2,6,7). The lowest BCUT2D eigenvalue weighted by atomic mass is 10.5. The number of amides is 1. The monoisotopic (exact) mass is 153 g/mol. The van der Waals surface area contributed by atoms with E-state index >= 15 is 0 Å². The summed E-state index contributed by atoms with van der Waals surface area (Å²) in [7, 11) is 0. The second-order valence-electron chi connectivity index (χ2n) is 1.28. The van der Waals surface area contributed by atoms with E-state index in [-0.39, 0.29) is 11.2 Å². The Morgan fingerprint density at radius 1 is 2.00 bits per heavy atom. The van der Waals surface area contributed by atoms with Crippen LogP contribution >= 0.6 is 23.4 Å². The zero-order chi connectivity index (χ0) is 6.57. The molecule has 0 spiro atoms. The van der Waals surface area contributed by atoms with Crippen LogP contribution in [0.2, 0.25) is 0 Å². The van der Waals surface area contributed by atoms with Gasteiger partial charge in [-0.05, 0) is 6.26 Å². The molecule has 8 heavy (non-hydrogen) atoms. The molecule has 2 N–H and O–H groups in total. The number of carbonyl (C=O) groups excluding carboxylic acids is 1. The Bertz CT molecular complexity index is 84.1. The summed E-state index contributed by atoms with van der Waals surface area (Å²) in [5, 5.41) is -0.225. The van der Waals surface area contributed by atoms with Crippen molar-refractivity contribution in [2.24, 2.45) is 5.73 Å². The van der Waals surface area contributed by atoms with Crippen LogP contribution in [0.1, 0.15) is 0 Å².